The highest BCUT2D eigenvalue weighted by Gasteiger charge is 2.15. The average molecular weight is 327 g/mol. The summed E-state index contributed by atoms with van der Waals surface area (Å²) in [7, 11) is 1.65. The lowest BCUT2D eigenvalue weighted by Gasteiger charge is -2.16. The van der Waals surface area contributed by atoms with Gasteiger partial charge in [0.25, 0.3) is 0 Å². The Morgan fingerprint density at radius 3 is 2.61 bits per heavy atom. The van der Waals surface area contributed by atoms with Crippen molar-refractivity contribution in [1.29, 1.82) is 0 Å². The molecule has 0 spiro atoms. The smallest absolute Gasteiger partial charge is 0.133 e. The van der Waals surface area contributed by atoms with Gasteiger partial charge in [-0.15, -0.1) is 11.3 Å². The Labute approximate surface area is 119 Å². The Bertz CT molecular complexity index is 542. The van der Waals surface area contributed by atoms with Crippen molar-refractivity contribution >= 4 is 27.3 Å². The van der Waals surface area contributed by atoms with Crippen molar-refractivity contribution in [3.8, 4) is 5.75 Å². The zero-order valence-electron chi connectivity index (χ0n) is 10.2. The third kappa shape index (κ3) is 2.75. The van der Waals surface area contributed by atoms with Crippen LogP contribution in [-0.4, -0.2) is 7.11 Å². The summed E-state index contributed by atoms with van der Waals surface area (Å²) in [6, 6.07) is 10.2. The van der Waals surface area contributed by atoms with E-state index in [9.17, 15) is 0 Å². The lowest BCUT2D eigenvalue weighted by atomic mass is 10.1. The first-order valence-electron chi connectivity index (χ1n) is 5.51. The number of rotatable bonds is 4. The highest BCUT2D eigenvalue weighted by Crippen LogP contribution is 2.32. The summed E-state index contributed by atoms with van der Waals surface area (Å²) in [5.74, 6) is 6.49. The Kier molecular flexibility index (Phi) is 4.40. The van der Waals surface area contributed by atoms with Gasteiger partial charge in [0, 0.05) is 9.75 Å². The topological polar surface area (TPSA) is 47.3 Å². The molecule has 0 saturated carbocycles. The maximum Gasteiger partial charge on any atom is 0.133 e. The molecule has 2 rings (SSSR count). The zero-order chi connectivity index (χ0) is 13.1. The van der Waals surface area contributed by atoms with Gasteiger partial charge in [-0.25, -0.2) is 5.43 Å². The standard InChI is InChI=1S/C13H15BrN2OS/c1-8-3-6-12(18-8)13(16-15)9-4-5-11(17-2)10(14)7-9/h3-7,13,16H,15H2,1-2H3. The van der Waals surface area contributed by atoms with Crippen molar-refractivity contribution in [3.05, 3.63) is 50.1 Å². The molecule has 5 heteroatoms. The molecule has 1 aromatic carbocycles. The molecule has 96 valence electrons. The van der Waals surface area contributed by atoms with Crippen molar-refractivity contribution in [1.82, 2.24) is 5.43 Å². The highest BCUT2D eigenvalue weighted by molar-refractivity contribution is 9.10. The quantitative estimate of drug-likeness (QED) is 0.668. The second-order valence-electron chi connectivity index (χ2n) is 3.94. The van der Waals surface area contributed by atoms with Gasteiger partial charge < -0.3 is 4.74 Å². The molecule has 3 nitrogen and oxygen atoms in total. The monoisotopic (exact) mass is 326 g/mol. The third-order valence-electron chi connectivity index (χ3n) is 2.72. The molecule has 1 aromatic heterocycles. The number of ether oxygens (including phenoxy) is 1. The van der Waals surface area contributed by atoms with Crippen molar-refractivity contribution < 1.29 is 4.74 Å². The van der Waals surface area contributed by atoms with Crippen LogP contribution in [0.15, 0.2) is 34.8 Å². The van der Waals surface area contributed by atoms with E-state index in [0.29, 0.717) is 0 Å². The minimum Gasteiger partial charge on any atom is -0.496 e. The van der Waals surface area contributed by atoms with Crippen LogP contribution in [-0.2, 0) is 0 Å². The van der Waals surface area contributed by atoms with Gasteiger partial charge in [0.15, 0.2) is 0 Å². The number of aryl methyl sites for hydroxylation is 1. The van der Waals surface area contributed by atoms with Gasteiger partial charge >= 0.3 is 0 Å². The Morgan fingerprint density at radius 2 is 2.11 bits per heavy atom. The summed E-state index contributed by atoms with van der Waals surface area (Å²) < 4.78 is 6.15. The lowest BCUT2D eigenvalue weighted by Crippen LogP contribution is -2.28. The normalized spacial score (nSPS) is 12.4. The van der Waals surface area contributed by atoms with Gasteiger partial charge in [0.05, 0.1) is 17.6 Å². The number of hydrogen-bond acceptors (Lipinski definition) is 4. The number of nitrogens with two attached hydrogens (primary N) is 1. The number of benzene rings is 1. The number of methoxy groups -OCH3 is 1. The summed E-state index contributed by atoms with van der Waals surface area (Å²) in [5.41, 5.74) is 3.97. The van der Waals surface area contributed by atoms with Crippen molar-refractivity contribution in [2.24, 2.45) is 5.84 Å². The van der Waals surface area contributed by atoms with E-state index in [4.69, 9.17) is 10.6 Å². The average Bonchev–Trinajstić information content (AvgIpc) is 2.77. The highest BCUT2D eigenvalue weighted by atomic mass is 79.9. The Morgan fingerprint density at radius 1 is 1.33 bits per heavy atom. The van der Waals surface area contributed by atoms with Crippen LogP contribution in [0.5, 0.6) is 5.75 Å². The van der Waals surface area contributed by atoms with E-state index < -0.39 is 0 Å². The van der Waals surface area contributed by atoms with E-state index >= 15 is 0 Å². The molecule has 0 aliphatic rings. The van der Waals surface area contributed by atoms with Crippen molar-refractivity contribution in [2.45, 2.75) is 13.0 Å². The second-order valence-corrected chi connectivity index (χ2v) is 6.12. The fourth-order valence-electron chi connectivity index (χ4n) is 1.81. The summed E-state index contributed by atoms with van der Waals surface area (Å²) >= 11 is 5.23. The summed E-state index contributed by atoms with van der Waals surface area (Å²) in [6.07, 6.45) is 0. The summed E-state index contributed by atoms with van der Waals surface area (Å²) in [6.45, 7) is 2.09. The SMILES string of the molecule is COc1ccc(C(NN)c2ccc(C)s2)cc1Br. The van der Waals surface area contributed by atoms with E-state index in [1.165, 1.54) is 9.75 Å². The fraction of sp³-hybridized carbons (Fsp3) is 0.231. The third-order valence-corrected chi connectivity index (χ3v) is 4.41. The predicted molar refractivity (Wildman–Crippen MR) is 78.9 cm³/mol. The minimum absolute atomic E-state index is 0.00547. The fourth-order valence-corrected chi connectivity index (χ4v) is 3.34. The van der Waals surface area contributed by atoms with Gasteiger partial charge in [-0.2, -0.15) is 0 Å². The molecule has 0 aliphatic heterocycles. The van der Waals surface area contributed by atoms with E-state index in [-0.39, 0.29) is 6.04 Å². The van der Waals surface area contributed by atoms with Crippen LogP contribution >= 0.6 is 27.3 Å². The number of hydrogen-bond donors (Lipinski definition) is 2. The first-order valence-corrected chi connectivity index (χ1v) is 7.12. The lowest BCUT2D eigenvalue weighted by molar-refractivity contribution is 0.412. The first kappa shape index (κ1) is 13.5. The maximum absolute atomic E-state index is 5.68. The molecule has 1 atom stereocenters. The molecule has 0 radical (unpaired) electrons. The Hall–Kier alpha value is -0.880. The van der Waals surface area contributed by atoms with Gasteiger partial charge in [-0.05, 0) is 52.7 Å². The number of halogens is 1. The molecular weight excluding hydrogens is 312 g/mol. The van der Waals surface area contributed by atoms with Gasteiger partial charge in [-0.3, -0.25) is 5.84 Å². The molecule has 0 fully saturated rings. The van der Waals surface area contributed by atoms with Crippen LogP contribution in [0.3, 0.4) is 0 Å². The van der Waals surface area contributed by atoms with Crippen molar-refractivity contribution in [2.75, 3.05) is 7.11 Å². The zero-order valence-corrected chi connectivity index (χ0v) is 12.6. The van der Waals surface area contributed by atoms with Gasteiger partial charge in [-0.1, -0.05) is 6.07 Å². The van der Waals surface area contributed by atoms with E-state index in [0.717, 1.165) is 15.8 Å². The van der Waals surface area contributed by atoms with E-state index in [1.54, 1.807) is 18.4 Å². The largest absolute Gasteiger partial charge is 0.496 e. The number of nitrogens with one attached hydrogen (secondary N) is 1. The number of thiophene rings is 1. The molecule has 1 unspecified atom stereocenters. The molecular formula is C13H15BrN2OS. The first-order chi connectivity index (χ1) is 8.65. The molecule has 2 aromatic rings. The molecule has 0 aliphatic carbocycles. The molecule has 0 bridgehead atoms. The van der Waals surface area contributed by atoms with Crippen LogP contribution in [0.25, 0.3) is 0 Å². The van der Waals surface area contributed by atoms with Crippen LogP contribution in [0.1, 0.15) is 21.4 Å². The van der Waals surface area contributed by atoms with Crippen LogP contribution < -0.4 is 16.0 Å². The van der Waals surface area contributed by atoms with Gasteiger partial charge in [0.2, 0.25) is 0 Å². The van der Waals surface area contributed by atoms with Crippen LogP contribution in [0.4, 0.5) is 0 Å². The molecule has 1 heterocycles. The maximum atomic E-state index is 5.68. The summed E-state index contributed by atoms with van der Waals surface area (Å²) in [4.78, 5) is 2.48. The van der Waals surface area contributed by atoms with Crippen molar-refractivity contribution in [3.63, 3.8) is 0 Å². The van der Waals surface area contributed by atoms with Crippen LogP contribution in [0.2, 0.25) is 0 Å². The van der Waals surface area contributed by atoms with E-state index in [2.05, 4.69) is 40.4 Å². The predicted octanol–water partition coefficient (Wildman–Crippen LogP) is 3.38. The molecule has 18 heavy (non-hydrogen) atoms. The number of hydrazine groups is 1. The Balaban J connectivity index is 2.36. The van der Waals surface area contributed by atoms with Crippen LogP contribution in [0, 0.1) is 6.92 Å². The summed E-state index contributed by atoms with van der Waals surface area (Å²) in [5, 5.41) is 0. The molecule has 0 amide bonds. The van der Waals surface area contributed by atoms with Gasteiger partial charge in [0.1, 0.15) is 5.75 Å². The second kappa shape index (κ2) is 5.84. The molecule has 0 saturated heterocycles. The van der Waals surface area contributed by atoms with E-state index in [1.807, 2.05) is 18.2 Å². The minimum atomic E-state index is 0.00547. The molecule has 3 N–H and O–H groups in total.